The van der Waals surface area contributed by atoms with Gasteiger partial charge in [-0.15, -0.1) is 4.21 Å². The van der Waals surface area contributed by atoms with Gasteiger partial charge in [0.15, 0.2) is 0 Å². The topological polar surface area (TPSA) is 254 Å². The van der Waals surface area contributed by atoms with E-state index in [0.717, 1.165) is 29.5 Å². The molecule has 3 aromatic heterocycles. The predicted molar refractivity (Wildman–Crippen MR) is 185 cm³/mol. The number of halogens is 1. The van der Waals surface area contributed by atoms with Crippen molar-refractivity contribution >= 4 is 51.4 Å². The number of nitrogens with two attached hydrogens (primary N) is 3. The van der Waals surface area contributed by atoms with Crippen LogP contribution in [0.4, 0.5) is 17.5 Å². The largest absolute Gasteiger partial charge is 1.00 e. The van der Waals surface area contributed by atoms with E-state index < -0.39 is 15.9 Å². The standard InChI is InChI=1S/C11H14N2O2.C10H12N2O2.C9H10N2O2.C3H9OS.HI.Li.H2O/c1-2-15-11(14)9-5-8(9)7-3-4-10(12)13-6-7;1-2-14-10(13)6-4-8-3-5-9(11)12-7-8;10-8-2-1-5(4-11-8)6-3-7(6)9(12)13;1-5(2,3)4;;;/h3-4,6,8-9H,2,5H2,1H3,(H2,12,13);3-7H,2H2,1H3,(H2,11,12);1-2,4,6-7H,3H2,(H2,10,11)(H,12,13);1-3H3;1H;;1H2/q;;;+1;;+1;/p-2/b;6-4+;;;;;. The monoisotopic (exact) mass is 820 g/mol. The third-order valence-corrected chi connectivity index (χ3v) is 6.47. The van der Waals surface area contributed by atoms with Crippen LogP contribution in [0.5, 0.6) is 0 Å². The zero-order valence-corrected chi connectivity index (χ0v) is 32.2. The van der Waals surface area contributed by atoms with Gasteiger partial charge < -0.3 is 61.2 Å². The first kappa shape index (κ1) is 48.6. The van der Waals surface area contributed by atoms with Crippen LogP contribution in [-0.2, 0) is 38.0 Å². The first-order chi connectivity index (χ1) is 22.1. The molecule has 50 heavy (non-hydrogen) atoms. The van der Waals surface area contributed by atoms with E-state index in [0.29, 0.717) is 30.7 Å². The Balaban J connectivity index is 0. The molecule has 0 amide bonds. The molecule has 0 aromatic carbocycles. The molecule has 2 aliphatic rings. The van der Waals surface area contributed by atoms with Crippen molar-refractivity contribution < 1.29 is 81.5 Å². The second-order valence-corrected chi connectivity index (χ2v) is 14.8. The maximum absolute atomic E-state index is 11.4. The van der Waals surface area contributed by atoms with E-state index in [2.05, 4.69) is 15.0 Å². The average Bonchev–Trinajstić information content (AvgIpc) is 3.93. The number of carbonyl (C=O) groups is 3. The van der Waals surface area contributed by atoms with Crippen molar-refractivity contribution in [2.45, 2.75) is 38.5 Å². The van der Waals surface area contributed by atoms with Crippen molar-refractivity contribution in [2.24, 2.45) is 11.8 Å². The fourth-order valence-corrected chi connectivity index (χ4v) is 4.05. The van der Waals surface area contributed by atoms with Crippen molar-refractivity contribution in [3.63, 3.8) is 0 Å². The van der Waals surface area contributed by atoms with Crippen LogP contribution in [0.3, 0.4) is 0 Å². The molecule has 14 nitrogen and oxygen atoms in total. The van der Waals surface area contributed by atoms with Crippen LogP contribution in [0, 0.1) is 11.8 Å². The third-order valence-electron chi connectivity index (χ3n) is 6.47. The molecule has 3 aromatic rings. The number of anilines is 3. The molecule has 270 valence electrons. The number of ether oxygens (including phenoxy) is 2. The zero-order valence-electron chi connectivity index (χ0n) is 29.2. The summed E-state index contributed by atoms with van der Waals surface area (Å²) in [5.41, 5.74) is 19.2. The second kappa shape index (κ2) is 23.8. The summed E-state index contributed by atoms with van der Waals surface area (Å²) in [6.07, 6.45) is 14.7. The Bertz CT molecular complexity index is 1540. The van der Waals surface area contributed by atoms with Gasteiger partial charge in [0.1, 0.15) is 36.2 Å². The van der Waals surface area contributed by atoms with Crippen LogP contribution in [0.1, 0.15) is 55.2 Å². The molecule has 5 rings (SSSR count). The predicted octanol–water partition coefficient (Wildman–Crippen LogP) is -2.37. The van der Waals surface area contributed by atoms with Gasteiger partial charge in [-0.2, -0.15) is 0 Å². The molecular weight excluding hydrogens is 774 g/mol. The number of carbonyl (C=O) groups excluding carboxylic acids is 2. The summed E-state index contributed by atoms with van der Waals surface area (Å²) >= 11 is 0. The number of rotatable bonds is 8. The van der Waals surface area contributed by atoms with Crippen molar-refractivity contribution in [1.82, 2.24) is 15.0 Å². The van der Waals surface area contributed by atoms with Crippen LogP contribution < -0.4 is 60.0 Å². The van der Waals surface area contributed by atoms with Crippen molar-refractivity contribution in [1.29, 1.82) is 0 Å². The first-order valence-electron chi connectivity index (χ1n) is 14.9. The molecule has 2 fully saturated rings. The number of aromatic nitrogens is 3. The molecule has 0 radical (unpaired) electrons. The van der Waals surface area contributed by atoms with Crippen LogP contribution in [0.15, 0.2) is 61.1 Å². The van der Waals surface area contributed by atoms with Gasteiger partial charge in [-0.25, -0.2) is 19.7 Å². The Hall–Kier alpha value is -3.56. The van der Waals surface area contributed by atoms with Gasteiger partial charge in [0.05, 0.1) is 35.0 Å². The van der Waals surface area contributed by atoms with E-state index in [4.69, 9.17) is 31.8 Å². The Kier molecular flexibility index (Phi) is 23.1. The minimum absolute atomic E-state index is 0. The fourth-order valence-electron chi connectivity index (χ4n) is 4.05. The third kappa shape index (κ3) is 19.6. The van der Waals surface area contributed by atoms with Gasteiger partial charge in [-0.05, 0) is 85.6 Å². The molecular formula is C33H46ILiN6O8S. The number of carboxylic acid groups (broad SMARTS) is 1. The fraction of sp³-hybridized carbons (Fsp3) is 0.394. The number of pyridine rings is 3. The number of nitrogen functional groups attached to an aromatic ring is 3. The minimum Gasteiger partial charge on any atom is -1.00 e. The zero-order chi connectivity index (χ0) is 35.1. The number of aliphatic carboxylic acids is 1. The van der Waals surface area contributed by atoms with Gasteiger partial charge in [-0.1, -0.05) is 12.1 Å². The van der Waals surface area contributed by atoms with E-state index in [-0.39, 0.29) is 83.9 Å². The minimum atomic E-state index is -1.42. The van der Waals surface area contributed by atoms with E-state index in [1.54, 1.807) is 74.6 Å². The molecule has 4 unspecified atom stereocenters. The van der Waals surface area contributed by atoms with Gasteiger partial charge in [0, 0.05) is 24.7 Å². The van der Waals surface area contributed by atoms with Crippen molar-refractivity contribution in [2.75, 3.05) is 49.2 Å². The van der Waals surface area contributed by atoms with E-state index in [9.17, 15) is 18.6 Å². The summed E-state index contributed by atoms with van der Waals surface area (Å²) in [5.74, 6) is 0.482. The van der Waals surface area contributed by atoms with Crippen LogP contribution in [-0.4, -0.2) is 75.4 Å². The molecule has 2 saturated carbocycles. The van der Waals surface area contributed by atoms with E-state index in [1.807, 2.05) is 19.1 Å². The Morgan fingerprint density at radius 2 is 1.22 bits per heavy atom. The van der Waals surface area contributed by atoms with Crippen LogP contribution in [0.25, 0.3) is 6.08 Å². The van der Waals surface area contributed by atoms with Crippen molar-refractivity contribution in [3.8, 4) is 0 Å². The summed E-state index contributed by atoms with van der Waals surface area (Å²) in [5, 5.41) is 8.69. The van der Waals surface area contributed by atoms with Gasteiger partial charge >= 0.3 is 36.8 Å². The average molecular weight is 821 g/mol. The second-order valence-electron chi connectivity index (χ2n) is 11.3. The maximum Gasteiger partial charge on any atom is 1.00 e. The number of hydrogen-bond acceptors (Lipinski definition) is 13. The van der Waals surface area contributed by atoms with E-state index >= 15 is 0 Å². The molecule has 8 N–H and O–H groups in total. The SMILES string of the molecule is CCOC(=O)/C=C/c1ccc(N)nc1.CCOC(=O)C1CC1c1ccc(N)nc1.C[S+](C)(C)=O.Nc1ccc(C2CC2C(=O)O)cn1.[I-].[Li+].[OH-]. The molecule has 3 heterocycles. The Morgan fingerprint density at radius 1 is 0.800 bits per heavy atom. The summed E-state index contributed by atoms with van der Waals surface area (Å²) < 4.78 is 19.9. The Morgan fingerprint density at radius 3 is 1.58 bits per heavy atom. The van der Waals surface area contributed by atoms with Crippen LogP contribution >= 0.6 is 0 Å². The first-order valence-corrected chi connectivity index (χ1v) is 17.7. The molecule has 0 saturated heterocycles. The summed E-state index contributed by atoms with van der Waals surface area (Å²) in [6.45, 7) is 4.40. The quantitative estimate of drug-likeness (QED) is 0.0610. The number of carboxylic acids is 1. The molecule has 0 aliphatic heterocycles. The maximum atomic E-state index is 11.4. The van der Waals surface area contributed by atoms with Crippen molar-refractivity contribution in [3.05, 3.63) is 77.8 Å². The smallest absolute Gasteiger partial charge is 1.00 e. The van der Waals surface area contributed by atoms with Gasteiger partial charge in [0.25, 0.3) is 0 Å². The number of esters is 2. The summed E-state index contributed by atoms with van der Waals surface area (Å²) in [4.78, 5) is 44.7. The van der Waals surface area contributed by atoms with Crippen LogP contribution in [0.2, 0.25) is 0 Å². The van der Waals surface area contributed by atoms with E-state index in [1.165, 1.54) is 6.08 Å². The number of nitrogens with zero attached hydrogens (tertiary/aromatic N) is 3. The molecule has 2 aliphatic carbocycles. The Labute approximate surface area is 323 Å². The van der Waals surface area contributed by atoms with Gasteiger partial charge in [-0.3, -0.25) is 9.59 Å². The number of hydrogen-bond donors (Lipinski definition) is 4. The molecule has 0 bridgehead atoms. The normalized spacial score (nSPS) is 17.8. The summed E-state index contributed by atoms with van der Waals surface area (Å²) in [6, 6.07) is 10.7. The van der Waals surface area contributed by atoms with Gasteiger partial charge in [0.2, 0.25) is 0 Å². The molecule has 0 spiro atoms. The molecule has 4 atom stereocenters. The molecule has 17 heteroatoms. The summed E-state index contributed by atoms with van der Waals surface area (Å²) in [7, 11) is -1.42.